The third-order valence-electron chi connectivity index (χ3n) is 5.73. The number of esters is 1. The van der Waals surface area contributed by atoms with Gasteiger partial charge >= 0.3 is 5.97 Å². The molecule has 1 aliphatic carbocycles. The minimum absolute atomic E-state index is 0.0283. The van der Waals surface area contributed by atoms with Gasteiger partial charge in [-0.25, -0.2) is 0 Å². The molecule has 6 heteroatoms. The van der Waals surface area contributed by atoms with Gasteiger partial charge in [0.25, 0.3) is 0 Å². The largest absolute Gasteiger partial charge is 0.491 e. The van der Waals surface area contributed by atoms with Crippen molar-refractivity contribution in [2.24, 2.45) is 11.8 Å². The summed E-state index contributed by atoms with van der Waals surface area (Å²) < 4.78 is 10.7. The second kappa shape index (κ2) is 13.5. The maximum atomic E-state index is 11.5. The van der Waals surface area contributed by atoms with Crippen LogP contribution in [0.2, 0.25) is 0 Å². The predicted molar refractivity (Wildman–Crippen MR) is 120 cm³/mol. The van der Waals surface area contributed by atoms with Crippen LogP contribution in [0.1, 0.15) is 58.8 Å². The lowest BCUT2D eigenvalue weighted by molar-refractivity contribution is -0.147. The molecule has 5 atom stereocenters. The first kappa shape index (κ1) is 25.4. The molecule has 0 saturated heterocycles. The molecule has 1 aliphatic rings. The van der Waals surface area contributed by atoms with Crippen LogP contribution in [0.5, 0.6) is 5.75 Å². The van der Waals surface area contributed by atoms with Crippen molar-refractivity contribution in [2.45, 2.75) is 83.2 Å². The molecule has 0 aromatic heterocycles. The smallest absolute Gasteiger partial charge is 0.306 e. The molecule has 0 aliphatic heterocycles. The summed E-state index contributed by atoms with van der Waals surface area (Å²) in [5.41, 5.74) is 0. The van der Waals surface area contributed by atoms with Crippen molar-refractivity contribution in [3.63, 3.8) is 0 Å². The first-order valence-corrected chi connectivity index (χ1v) is 11.4. The first-order valence-electron chi connectivity index (χ1n) is 11.4. The van der Waals surface area contributed by atoms with Gasteiger partial charge in [-0.1, -0.05) is 30.4 Å². The quantitative estimate of drug-likeness (QED) is 0.249. The van der Waals surface area contributed by atoms with E-state index in [2.05, 4.69) is 0 Å². The number of rotatable bonds is 13. The van der Waals surface area contributed by atoms with E-state index in [-0.39, 0.29) is 30.5 Å². The van der Waals surface area contributed by atoms with Gasteiger partial charge in [0.1, 0.15) is 12.4 Å². The Morgan fingerprint density at radius 1 is 1.13 bits per heavy atom. The van der Waals surface area contributed by atoms with Crippen molar-refractivity contribution in [1.29, 1.82) is 0 Å². The third kappa shape index (κ3) is 9.42. The summed E-state index contributed by atoms with van der Waals surface area (Å²) in [6.45, 7) is 3.88. The van der Waals surface area contributed by atoms with E-state index in [9.17, 15) is 20.1 Å². The second-order valence-electron chi connectivity index (χ2n) is 8.69. The molecule has 174 valence electrons. The average molecular weight is 435 g/mol. The number of hydrogen-bond donors (Lipinski definition) is 3. The van der Waals surface area contributed by atoms with E-state index in [0.717, 1.165) is 18.6 Å². The van der Waals surface area contributed by atoms with Gasteiger partial charge in [0.2, 0.25) is 0 Å². The minimum Gasteiger partial charge on any atom is -0.491 e. The molecule has 3 N–H and O–H groups in total. The van der Waals surface area contributed by atoms with Crippen LogP contribution >= 0.6 is 0 Å². The Bertz CT molecular complexity index is 659. The number of aliphatic hydroxyl groups excluding tert-OH is 3. The summed E-state index contributed by atoms with van der Waals surface area (Å²) in [4.78, 5) is 11.5. The monoisotopic (exact) mass is 434 g/mol. The number of para-hydroxylation sites is 1. The van der Waals surface area contributed by atoms with Crippen LogP contribution in [0, 0.1) is 11.8 Å². The predicted octanol–water partition coefficient (Wildman–Crippen LogP) is 3.63. The summed E-state index contributed by atoms with van der Waals surface area (Å²) in [6, 6.07) is 9.37. The van der Waals surface area contributed by atoms with Crippen molar-refractivity contribution < 1.29 is 29.6 Å². The Morgan fingerprint density at radius 2 is 1.84 bits per heavy atom. The van der Waals surface area contributed by atoms with Crippen LogP contribution in [-0.4, -0.2) is 52.3 Å². The van der Waals surface area contributed by atoms with E-state index >= 15 is 0 Å². The number of carbonyl (C=O) groups is 1. The summed E-state index contributed by atoms with van der Waals surface area (Å²) >= 11 is 0. The summed E-state index contributed by atoms with van der Waals surface area (Å²) in [5.74, 6) is 0.470. The van der Waals surface area contributed by atoms with E-state index in [4.69, 9.17) is 9.47 Å². The van der Waals surface area contributed by atoms with Gasteiger partial charge in [0.05, 0.1) is 24.4 Å². The maximum Gasteiger partial charge on any atom is 0.306 e. The molecule has 0 amide bonds. The number of hydrogen-bond acceptors (Lipinski definition) is 6. The molecular formula is C25H38O6. The van der Waals surface area contributed by atoms with Crippen molar-refractivity contribution in [3.8, 4) is 5.75 Å². The zero-order valence-electron chi connectivity index (χ0n) is 18.7. The molecule has 0 radical (unpaired) electrons. The number of unbranched alkanes of at least 4 members (excludes halogenated alkanes) is 1. The maximum absolute atomic E-state index is 11.5. The standard InChI is InChI=1S/C25H38O6/c1-18(2)31-25(29)13-9-4-3-8-12-21-22(24(28)16-23(21)27)15-14-19(26)17-30-20-10-6-5-7-11-20/h3,5-8,10-11,18-19,21-24,26-28H,4,9,12-17H2,1-2H3/t19-,21-,22-,23+,24-/m1/s1. The molecule has 1 aromatic carbocycles. The molecule has 0 bridgehead atoms. The average Bonchev–Trinajstić information content (AvgIpc) is 3.00. The highest BCUT2D eigenvalue weighted by molar-refractivity contribution is 5.69. The fourth-order valence-electron chi connectivity index (χ4n) is 4.14. The molecule has 6 nitrogen and oxygen atoms in total. The third-order valence-corrected chi connectivity index (χ3v) is 5.73. The van der Waals surface area contributed by atoms with Crippen LogP contribution in [0.3, 0.4) is 0 Å². The summed E-state index contributed by atoms with van der Waals surface area (Å²) in [5, 5.41) is 31.0. The Kier molecular flexibility index (Phi) is 11.1. The molecule has 0 spiro atoms. The fourth-order valence-corrected chi connectivity index (χ4v) is 4.14. The van der Waals surface area contributed by atoms with Crippen LogP contribution in [0.15, 0.2) is 42.5 Å². The zero-order valence-corrected chi connectivity index (χ0v) is 18.7. The molecule has 2 rings (SSSR count). The van der Waals surface area contributed by atoms with E-state index in [1.165, 1.54) is 0 Å². The van der Waals surface area contributed by atoms with E-state index in [1.807, 2.05) is 56.3 Å². The number of allylic oxidation sites excluding steroid dienone is 2. The number of benzene rings is 1. The van der Waals surface area contributed by atoms with E-state index in [0.29, 0.717) is 32.1 Å². The van der Waals surface area contributed by atoms with E-state index < -0.39 is 18.3 Å². The Hall–Kier alpha value is -1.89. The normalized spacial score (nSPS) is 24.6. The Morgan fingerprint density at radius 3 is 2.55 bits per heavy atom. The van der Waals surface area contributed by atoms with Crippen LogP contribution in [-0.2, 0) is 9.53 Å². The van der Waals surface area contributed by atoms with Gasteiger partial charge in [-0.3, -0.25) is 4.79 Å². The van der Waals surface area contributed by atoms with Crippen LogP contribution in [0.4, 0.5) is 0 Å². The van der Waals surface area contributed by atoms with Gasteiger partial charge in [0.15, 0.2) is 0 Å². The first-order chi connectivity index (χ1) is 14.9. The summed E-state index contributed by atoms with van der Waals surface area (Å²) in [6.07, 6.45) is 6.37. The number of carbonyl (C=O) groups excluding carboxylic acids is 1. The van der Waals surface area contributed by atoms with Crippen LogP contribution < -0.4 is 4.74 Å². The lowest BCUT2D eigenvalue weighted by atomic mass is 9.86. The Labute approximate surface area is 185 Å². The van der Waals surface area contributed by atoms with Crippen molar-refractivity contribution in [3.05, 3.63) is 42.5 Å². The second-order valence-corrected chi connectivity index (χ2v) is 8.69. The van der Waals surface area contributed by atoms with Crippen molar-refractivity contribution in [1.82, 2.24) is 0 Å². The van der Waals surface area contributed by atoms with Crippen molar-refractivity contribution in [2.75, 3.05) is 6.61 Å². The SMILES string of the molecule is CC(C)OC(=O)CCCC=CC[C@@H]1[C@@H](CC[C@@H](O)COc2ccccc2)[C@H](O)C[C@@H]1O. The van der Waals surface area contributed by atoms with Gasteiger partial charge in [-0.2, -0.15) is 0 Å². The lowest BCUT2D eigenvalue weighted by Gasteiger charge is -2.23. The molecule has 1 aromatic rings. The summed E-state index contributed by atoms with van der Waals surface area (Å²) in [7, 11) is 0. The highest BCUT2D eigenvalue weighted by Crippen LogP contribution is 2.38. The minimum atomic E-state index is -0.619. The topological polar surface area (TPSA) is 96.2 Å². The molecule has 0 heterocycles. The fraction of sp³-hybridized carbons (Fsp3) is 0.640. The lowest BCUT2D eigenvalue weighted by Crippen LogP contribution is -2.25. The molecule has 0 unspecified atom stereocenters. The highest BCUT2D eigenvalue weighted by atomic mass is 16.5. The zero-order chi connectivity index (χ0) is 22.6. The molecule has 1 saturated carbocycles. The molecule has 31 heavy (non-hydrogen) atoms. The number of aliphatic hydroxyl groups is 3. The Balaban J connectivity index is 1.70. The highest BCUT2D eigenvalue weighted by Gasteiger charge is 2.40. The molecule has 1 fully saturated rings. The van der Waals surface area contributed by atoms with E-state index in [1.54, 1.807) is 0 Å². The van der Waals surface area contributed by atoms with Crippen LogP contribution in [0.25, 0.3) is 0 Å². The van der Waals surface area contributed by atoms with Gasteiger partial charge < -0.3 is 24.8 Å². The van der Waals surface area contributed by atoms with Crippen molar-refractivity contribution >= 4 is 5.97 Å². The number of ether oxygens (including phenoxy) is 2. The molecular weight excluding hydrogens is 396 g/mol. The van der Waals surface area contributed by atoms with Gasteiger partial charge in [-0.15, -0.1) is 0 Å². The van der Waals surface area contributed by atoms with Gasteiger partial charge in [-0.05, 0) is 76.3 Å². The van der Waals surface area contributed by atoms with Gasteiger partial charge in [0, 0.05) is 6.42 Å².